The second-order valence-corrected chi connectivity index (χ2v) is 4.90. The molecule has 1 unspecified atom stereocenters. The molecule has 2 aromatic heterocycles. The first-order valence-corrected chi connectivity index (χ1v) is 6.13. The highest BCUT2D eigenvalue weighted by Crippen LogP contribution is 2.35. The van der Waals surface area contributed by atoms with Gasteiger partial charge < -0.3 is 5.32 Å². The molecule has 3 rings (SSSR count). The van der Waals surface area contributed by atoms with Crippen molar-refractivity contribution in [3.63, 3.8) is 0 Å². The topological polar surface area (TPSA) is 42.2 Å². The Balaban J connectivity index is 1.97. The second-order valence-electron chi connectivity index (χ2n) is 4.90. The molecule has 0 aliphatic heterocycles. The zero-order valence-corrected chi connectivity index (χ0v) is 10.3. The largest absolute Gasteiger partial charge is 0.435 e. The average molecular weight is 270 g/mol. The lowest BCUT2D eigenvalue weighted by atomic mass is 10.2. The molecule has 1 atom stereocenters. The van der Waals surface area contributed by atoms with Crippen LogP contribution in [0.2, 0.25) is 0 Å². The van der Waals surface area contributed by atoms with Gasteiger partial charge in [0.05, 0.1) is 0 Å². The molecule has 2 heterocycles. The van der Waals surface area contributed by atoms with Crippen LogP contribution < -0.4 is 5.32 Å². The van der Waals surface area contributed by atoms with Gasteiger partial charge >= 0.3 is 6.18 Å². The van der Waals surface area contributed by atoms with Gasteiger partial charge in [-0.3, -0.25) is 0 Å². The van der Waals surface area contributed by atoms with E-state index in [1.165, 1.54) is 16.9 Å². The fourth-order valence-corrected chi connectivity index (χ4v) is 2.10. The van der Waals surface area contributed by atoms with E-state index in [0.29, 0.717) is 17.3 Å². The number of halogens is 3. The number of aromatic nitrogens is 3. The molecular formula is C12H13F3N4. The number of nitrogens with zero attached hydrogens (tertiary/aromatic N) is 3. The van der Waals surface area contributed by atoms with Crippen LogP contribution in [0.15, 0.2) is 18.5 Å². The van der Waals surface area contributed by atoms with Crippen molar-refractivity contribution >= 4 is 11.3 Å². The summed E-state index contributed by atoms with van der Waals surface area (Å²) in [5.41, 5.74) is -0.551. The third-order valence-electron chi connectivity index (χ3n) is 3.37. The number of hydrogen-bond donors (Lipinski definition) is 1. The predicted octanol–water partition coefficient (Wildman–Crippen LogP) is 2.96. The summed E-state index contributed by atoms with van der Waals surface area (Å²) in [6.07, 6.45) is 0.736. The number of fused-ring (bicyclic) bond motifs is 1. The van der Waals surface area contributed by atoms with Gasteiger partial charge in [-0.25, -0.2) is 9.50 Å². The molecule has 1 saturated carbocycles. The minimum atomic E-state index is -4.44. The summed E-state index contributed by atoms with van der Waals surface area (Å²) in [4.78, 5) is 4.11. The Bertz CT molecular complexity index is 601. The number of anilines is 1. The van der Waals surface area contributed by atoms with Gasteiger partial charge in [-0.05, 0) is 25.7 Å². The zero-order chi connectivity index (χ0) is 13.6. The molecule has 0 amide bonds. The Morgan fingerprint density at radius 1 is 1.42 bits per heavy atom. The van der Waals surface area contributed by atoms with Gasteiger partial charge in [0.2, 0.25) is 0 Å². The smallest absolute Gasteiger partial charge is 0.366 e. The van der Waals surface area contributed by atoms with E-state index in [9.17, 15) is 13.2 Å². The maximum Gasteiger partial charge on any atom is 0.435 e. The SMILES string of the molecule is CC(Nc1nccn2nc(C(F)(F)F)cc12)C1CC1. The summed E-state index contributed by atoms with van der Waals surface area (Å²) in [6, 6.07) is 1.23. The first kappa shape index (κ1) is 12.3. The monoisotopic (exact) mass is 270 g/mol. The lowest BCUT2D eigenvalue weighted by Crippen LogP contribution is -2.18. The van der Waals surface area contributed by atoms with Crippen LogP contribution in [0, 0.1) is 5.92 Å². The molecule has 0 spiro atoms. The Morgan fingerprint density at radius 3 is 2.79 bits per heavy atom. The number of nitrogens with one attached hydrogen (secondary N) is 1. The highest BCUT2D eigenvalue weighted by Gasteiger charge is 2.35. The van der Waals surface area contributed by atoms with E-state index in [1.54, 1.807) is 0 Å². The summed E-state index contributed by atoms with van der Waals surface area (Å²) >= 11 is 0. The van der Waals surface area contributed by atoms with Crippen molar-refractivity contribution in [3.05, 3.63) is 24.2 Å². The van der Waals surface area contributed by atoms with Gasteiger partial charge in [0.15, 0.2) is 11.5 Å². The molecule has 19 heavy (non-hydrogen) atoms. The molecule has 1 aliphatic carbocycles. The summed E-state index contributed by atoms with van der Waals surface area (Å²) in [5.74, 6) is 1.04. The molecule has 0 bridgehead atoms. The van der Waals surface area contributed by atoms with Crippen molar-refractivity contribution in [3.8, 4) is 0 Å². The van der Waals surface area contributed by atoms with Gasteiger partial charge in [0, 0.05) is 24.5 Å². The van der Waals surface area contributed by atoms with Crippen molar-refractivity contribution in [2.45, 2.75) is 32.0 Å². The fraction of sp³-hybridized carbons (Fsp3) is 0.500. The Kier molecular flexibility index (Phi) is 2.65. The third kappa shape index (κ3) is 2.36. The van der Waals surface area contributed by atoms with E-state index in [-0.39, 0.29) is 6.04 Å². The quantitative estimate of drug-likeness (QED) is 0.932. The van der Waals surface area contributed by atoms with Gasteiger partial charge in [-0.2, -0.15) is 18.3 Å². The second kappa shape index (κ2) is 4.11. The molecule has 0 saturated heterocycles. The van der Waals surface area contributed by atoms with Gasteiger partial charge in [0.25, 0.3) is 0 Å². The summed E-state index contributed by atoms with van der Waals surface area (Å²) in [6.45, 7) is 2.02. The Morgan fingerprint density at radius 2 is 2.16 bits per heavy atom. The number of rotatable bonds is 3. The minimum Gasteiger partial charge on any atom is -0.366 e. The van der Waals surface area contributed by atoms with Crippen molar-refractivity contribution < 1.29 is 13.2 Å². The van der Waals surface area contributed by atoms with E-state index in [0.717, 1.165) is 18.9 Å². The Labute approximate surface area is 107 Å². The molecular weight excluding hydrogens is 257 g/mol. The standard InChI is InChI=1S/C12H13F3N4/c1-7(8-2-3-8)17-11-9-6-10(12(13,14)15)18-19(9)5-4-16-11/h4-8H,2-3H2,1H3,(H,16,17). The maximum atomic E-state index is 12.6. The van der Waals surface area contributed by atoms with Gasteiger partial charge in [0.1, 0.15) is 5.52 Å². The van der Waals surface area contributed by atoms with Crippen molar-refractivity contribution in [2.75, 3.05) is 5.32 Å². The number of hydrogen-bond acceptors (Lipinski definition) is 3. The molecule has 7 heteroatoms. The highest BCUT2D eigenvalue weighted by molar-refractivity contribution is 5.68. The van der Waals surface area contributed by atoms with E-state index >= 15 is 0 Å². The molecule has 0 aromatic carbocycles. The normalized spacial score (nSPS) is 17.7. The summed E-state index contributed by atoms with van der Waals surface area (Å²) < 4.78 is 39.1. The summed E-state index contributed by atoms with van der Waals surface area (Å²) in [5, 5.41) is 6.70. The van der Waals surface area contributed by atoms with Crippen molar-refractivity contribution in [1.82, 2.24) is 14.6 Å². The van der Waals surface area contributed by atoms with E-state index in [4.69, 9.17) is 0 Å². The van der Waals surface area contributed by atoms with Crippen LogP contribution in [0.3, 0.4) is 0 Å². The predicted molar refractivity (Wildman–Crippen MR) is 63.8 cm³/mol. The maximum absolute atomic E-state index is 12.6. The fourth-order valence-electron chi connectivity index (χ4n) is 2.10. The van der Waals surface area contributed by atoms with Crippen molar-refractivity contribution in [2.24, 2.45) is 5.92 Å². The molecule has 1 N–H and O–H groups in total. The lowest BCUT2D eigenvalue weighted by Gasteiger charge is -2.13. The van der Waals surface area contributed by atoms with Crippen LogP contribution in [0.5, 0.6) is 0 Å². The van der Waals surface area contributed by atoms with Crippen LogP contribution in [0.1, 0.15) is 25.5 Å². The molecule has 0 radical (unpaired) electrons. The van der Waals surface area contributed by atoms with Crippen LogP contribution >= 0.6 is 0 Å². The molecule has 4 nitrogen and oxygen atoms in total. The first-order chi connectivity index (χ1) is 8.95. The van der Waals surface area contributed by atoms with E-state index in [2.05, 4.69) is 15.4 Å². The minimum absolute atomic E-state index is 0.211. The molecule has 1 fully saturated rings. The van der Waals surface area contributed by atoms with Crippen LogP contribution in [-0.4, -0.2) is 20.6 Å². The average Bonchev–Trinajstić information content (AvgIpc) is 3.07. The molecule has 1 aliphatic rings. The van der Waals surface area contributed by atoms with Gasteiger partial charge in [-0.15, -0.1) is 0 Å². The first-order valence-electron chi connectivity index (χ1n) is 6.13. The van der Waals surface area contributed by atoms with Crippen molar-refractivity contribution in [1.29, 1.82) is 0 Å². The van der Waals surface area contributed by atoms with Crippen LogP contribution in [-0.2, 0) is 6.18 Å². The highest BCUT2D eigenvalue weighted by atomic mass is 19.4. The summed E-state index contributed by atoms with van der Waals surface area (Å²) in [7, 11) is 0. The van der Waals surface area contributed by atoms with Gasteiger partial charge in [-0.1, -0.05) is 0 Å². The molecule has 102 valence electrons. The lowest BCUT2D eigenvalue weighted by molar-refractivity contribution is -0.141. The van der Waals surface area contributed by atoms with Crippen LogP contribution in [0.25, 0.3) is 5.52 Å². The molecule has 2 aromatic rings. The zero-order valence-electron chi connectivity index (χ0n) is 10.3. The number of alkyl halides is 3. The van der Waals surface area contributed by atoms with Crippen LogP contribution in [0.4, 0.5) is 19.0 Å². The third-order valence-corrected chi connectivity index (χ3v) is 3.37. The van der Waals surface area contributed by atoms with E-state index < -0.39 is 11.9 Å². The van der Waals surface area contributed by atoms with E-state index in [1.807, 2.05) is 6.92 Å². The Hall–Kier alpha value is -1.79.